The zero-order valence-electron chi connectivity index (χ0n) is 9.26. The first kappa shape index (κ1) is 14.6. The summed E-state index contributed by atoms with van der Waals surface area (Å²) < 4.78 is 38.3. The first-order chi connectivity index (χ1) is 8.88. The van der Waals surface area contributed by atoms with Crippen molar-refractivity contribution in [3.05, 3.63) is 43.6 Å². The molecule has 0 unspecified atom stereocenters. The molecule has 0 fully saturated rings. The van der Waals surface area contributed by atoms with Crippen LogP contribution in [0.5, 0.6) is 0 Å². The summed E-state index contributed by atoms with van der Waals surface area (Å²) in [5.41, 5.74) is -0.861. The van der Waals surface area contributed by atoms with Crippen molar-refractivity contribution in [1.82, 2.24) is 4.98 Å². The van der Waals surface area contributed by atoms with E-state index in [0.29, 0.717) is 6.54 Å². The molecule has 0 radical (unpaired) electrons. The maximum absolute atomic E-state index is 12.4. The van der Waals surface area contributed by atoms with Crippen molar-refractivity contribution in [3.63, 3.8) is 0 Å². The van der Waals surface area contributed by atoms with Crippen molar-refractivity contribution in [2.24, 2.45) is 0 Å². The third kappa shape index (κ3) is 3.61. The minimum atomic E-state index is -4.44. The average molecular weight is 372 g/mol. The van der Waals surface area contributed by atoms with Gasteiger partial charge in [0.05, 0.1) is 17.1 Å². The van der Waals surface area contributed by atoms with E-state index in [9.17, 15) is 13.2 Å². The van der Waals surface area contributed by atoms with Crippen LogP contribution in [0, 0.1) is 0 Å². The monoisotopic (exact) mass is 370 g/mol. The van der Waals surface area contributed by atoms with Crippen LogP contribution >= 0.6 is 38.9 Å². The molecule has 2 aromatic rings. The van der Waals surface area contributed by atoms with E-state index < -0.39 is 11.7 Å². The van der Waals surface area contributed by atoms with E-state index in [4.69, 9.17) is 11.6 Å². The van der Waals surface area contributed by atoms with Gasteiger partial charge in [0.1, 0.15) is 5.82 Å². The van der Waals surface area contributed by atoms with Gasteiger partial charge in [0.25, 0.3) is 0 Å². The Hall–Kier alpha value is -0.790. The fourth-order valence-corrected chi connectivity index (χ4v) is 3.00. The van der Waals surface area contributed by atoms with Crippen LogP contribution in [0.2, 0.25) is 5.02 Å². The molecule has 1 N–H and O–H groups in total. The normalized spacial score (nSPS) is 11.6. The summed E-state index contributed by atoms with van der Waals surface area (Å²) in [5, 5.41) is 4.76. The van der Waals surface area contributed by atoms with Gasteiger partial charge >= 0.3 is 6.18 Å². The number of hydrogen-bond acceptors (Lipinski definition) is 3. The van der Waals surface area contributed by atoms with Gasteiger partial charge in [-0.05, 0) is 33.4 Å². The highest BCUT2D eigenvalue weighted by atomic mass is 79.9. The van der Waals surface area contributed by atoms with Crippen molar-refractivity contribution in [1.29, 1.82) is 0 Å². The largest absolute Gasteiger partial charge is 0.417 e. The highest BCUT2D eigenvalue weighted by Crippen LogP contribution is 2.32. The molecule has 0 aliphatic heterocycles. The Kier molecular flexibility index (Phi) is 4.37. The van der Waals surface area contributed by atoms with Gasteiger partial charge in [-0.3, -0.25) is 0 Å². The van der Waals surface area contributed by atoms with Crippen LogP contribution in [0.3, 0.4) is 0 Å². The standard InChI is InChI=1S/C11H7BrClF3N2S/c12-7-1-2-19-9(7)5-18-10-8(13)3-6(4-17-10)11(14,15)16/h1-4H,5H2,(H,17,18). The van der Waals surface area contributed by atoms with Gasteiger partial charge in [-0.2, -0.15) is 13.2 Å². The molecule has 0 aliphatic carbocycles. The maximum atomic E-state index is 12.4. The number of nitrogens with zero attached hydrogens (tertiary/aromatic N) is 1. The van der Waals surface area contributed by atoms with Crippen LogP contribution in [-0.4, -0.2) is 4.98 Å². The molecule has 0 bridgehead atoms. The highest BCUT2D eigenvalue weighted by Gasteiger charge is 2.31. The third-order valence-electron chi connectivity index (χ3n) is 2.28. The van der Waals surface area contributed by atoms with Crippen LogP contribution in [0.25, 0.3) is 0 Å². The van der Waals surface area contributed by atoms with E-state index in [2.05, 4.69) is 26.2 Å². The van der Waals surface area contributed by atoms with E-state index in [0.717, 1.165) is 21.6 Å². The lowest BCUT2D eigenvalue weighted by atomic mass is 10.3. The maximum Gasteiger partial charge on any atom is 0.417 e. The fourth-order valence-electron chi connectivity index (χ4n) is 1.34. The minimum Gasteiger partial charge on any atom is -0.364 e. The second kappa shape index (κ2) is 5.68. The molecule has 0 aromatic carbocycles. The quantitative estimate of drug-likeness (QED) is 0.803. The average Bonchev–Trinajstić information content (AvgIpc) is 2.72. The van der Waals surface area contributed by atoms with Crippen molar-refractivity contribution < 1.29 is 13.2 Å². The van der Waals surface area contributed by atoms with E-state index >= 15 is 0 Å². The van der Waals surface area contributed by atoms with Gasteiger partial charge in [-0.1, -0.05) is 11.6 Å². The molecule has 2 nitrogen and oxygen atoms in total. The molecular formula is C11H7BrClF3N2S. The van der Waals surface area contributed by atoms with Crippen molar-refractivity contribution >= 4 is 44.7 Å². The topological polar surface area (TPSA) is 24.9 Å². The highest BCUT2D eigenvalue weighted by molar-refractivity contribution is 9.10. The lowest BCUT2D eigenvalue weighted by Crippen LogP contribution is -2.07. The van der Waals surface area contributed by atoms with Crippen LogP contribution in [0.15, 0.2) is 28.2 Å². The third-order valence-corrected chi connectivity index (χ3v) is 4.49. The van der Waals surface area contributed by atoms with Gasteiger partial charge < -0.3 is 5.32 Å². The molecule has 102 valence electrons. The first-order valence-corrected chi connectivity index (χ1v) is 7.11. The number of aromatic nitrogens is 1. The summed E-state index contributed by atoms with van der Waals surface area (Å²) in [6.07, 6.45) is -3.68. The molecule has 0 spiro atoms. The van der Waals surface area contributed by atoms with Gasteiger partial charge in [0.15, 0.2) is 0 Å². The Morgan fingerprint density at radius 3 is 2.68 bits per heavy atom. The first-order valence-electron chi connectivity index (χ1n) is 5.06. The van der Waals surface area contributed by atoms with Crippen molar-refractivity contribution in [2.45, 2.75) is 12.7 Å². The van der Waals surface area contributed by atoms with Crippen LogP contribution in [0.1, 0.15) is 10.4 Å². The van der Waals surface area contributed by atoms with Gasteiger partial charge in [0, 0.05) is 15.5 Å². The van der Waals surface area contributed by atoms with E-state index in [1.165, 1.54) is 11.3 Å². The second-order valence-corrected chi connectivity index (χ2v) is 5.86. The van der Waals surface area contributed by atoms with Crippen molar-refractivity contribution in [2.75, 3.05) is 5.32 Å². The SMILES string of the molecule is FC(F)(F)c1cnc(NCc2sccc2Br)c(Cl)c1. The molecule has 2 aromatic heterocycles. The summed E-state index contributed by atoms with van der Waals surface area (Å²) in [6, 6.07) is 2.75. The summed E-state index contributed by atoms with van der Waals surface area (Å²) >= 11 is 10.7. The molecule has 8 heteroatoms. The number of anilines is 1. The Morgan fingerprint density at radius 2 is 2.16 bits per heavy atom. The number of halogens is 5. The zero-order chi connectivity index (χ0) is 14.0. The number of nitrogens with one attached hydrogen (secondary N) is 1. The molecule has 0 amide bonds. The number of thiophene rings is 1. The molecule has 19 heavy (non-hydrogen) atoms. The predicted octanol–water partition coefficient (Wildman–Crippen LogP) is 5.19. The molecule has 0 atom stereocenters. The summed E-state index contributed by atoms with van der Waals surface area (Å²) in [4.78, 5) is 4.71. The molecule has 2 heterocycles. The number of rotatable bonds is 3. The number of alkyl halides is 3. The number of pyridine rings is 1. The smallest absolute Gasteiger partial charge is 0.364 e. The molecule has 0 saturated carbocycles. The Morgan fingerprint density at radius 1 is 1.42 bits per heavy atom. The molecular weight excluding hydrogens is 365 g/mol. The predicted molar refractivity (Wildman–Crippen MR) is 73.6 cm³/mol. The minimum absolute atomic E-state index is 0.0532. The summed E-state index contributed by atoms with van der Waals surface area (Å²) in [6.45, 7) is 0.441. The van der Waals surface area contributed by atoms with Crippen LogP contribution in [0.4, 0.5) is 19.0 Å². The zero-order valence-corrected chi connectivity index (χ0v) is 12.4. The Bertz CT molecular complexity index is 586. The lowest BCUT2D eigenvalue weighted by Gasteiger charge is -2.10. The second-order valence-electron chi connectivity index (χ2n) is 3.60. The van der Waals surface area contributed by atoms with E-state index in [1.54, 1.807) is 0 Å². The Labute approximate surface area is 124 Å². The molecule has 0 saturated heterocycles. The molecule has 2 rings (SSSR count). The van der Waals surface area contributed by atoms with E-state index in [1.807, 2.05) is 11.4 Å². The van der Waals surface area contributed by atoms with Crippen LogP contribution < -0.4 is 5.32 Å². The van der Waals surface area contributed by atoms with Crippen LogP contribution in [-0.2, 0) is 12.7 Å². The Balaban J connectivity index is 2.12. The molecule has 0 aliphatic rings. The number of hydrogen-bond donors (Lipinski definition) is 1. The fraction of sp³-hybridized carbons (Fsp3) is 0.182. The lowest BCUT2D eigenvalue weighted by molar-refractivity contribution is -0.137. The van der Waals surface area contributed by atoms with Gasteiger partial charge in [-0.25, -0.2) is 4.98 Å². The van der Waals surface area contributed by atoms with E-state index in [-0.39, 0.29) is 10.8 Å². The summed E-state index contributed by atoms with van der Waals surface area (Å²) in [7, 11) is 0. The van der Waals surface area contributed by atoms with Gasteiger partial charge in [0.2, 0.25) is 0 Å². The summed E-state index contributed by atoms with van der Waals surface area (Å²) in [5.74, 6) is 0.231. The van der Waals surface area contributed by atoms with Crippen molar-refractivity contribution in [3.8, 4) is 0 Å². The van der Waals surface area contributed by atoms with Gasteiger partial charge in [-0.15, -0.1) is 11.3 Å².